The van der Waals surface area contributed by atoms with Crippen LogP contribution in [0.15, 0.2) is 4.52 Å². The molecule has 0 saturated carbocycles. The van der Waals surface area contributed by atoms with Crippen LogP contribution in [0.3, 0.4) is 0 Å². The predicted molar refractivity (Wildman–Crippen MR) is 47.3 cm³/mol. The van der Waals surface area contributed by atoms with Crippen LogP contribution >= 0.6 is 0 Å². The fraction of sp³-hybridized carbons (Fsp3) is 0.625. The van der Waals surface area contributed by atoms with Crippen molar-refractivity contribution in [1.29, 1.82) is 0 Å². The van der Waals surface area contributed by atoms with Crippen LogP contribution in [0.4, 0.5) is 0 Å². The van der Waals surface area contributed by atoms with Crippen molar-refractivity contribution >= 4 is 5.91 Å². The molecule has 6 heteroatoms. The van der Waals surface area contributed by atoms with E-state index >= 15 is 0 Å². The first-order chi connectivity index (χ1) is 6.68. The van der Waals surface area contributed by atoms with Crippen LogP contribution < -0.4 is 11.1 Å². The topological polar surface area (TPSA) is 94.0 Å². The molecule has 0 bridgehead atoms. The third-order valence-corrected chi connectivity index (χ3v) is 2.46. The van der Waals surface area contributed by atoms with E-state index in [2.05, 4.69) is 22.4 Å². The minimum atomic E-state index is -0.661. The number of primary amides is 1. The van der Waals surface area contributed by atoms with Crippen molar-refractivity contribution < 1.29 is 9.32 Å². The van der Waals surface area contributed by atoms with Gasteiger partial charge in [0.05, 0.1) is 6.04 Å². The Morgan fingerprint density at radius 2 is 2.50 bits per heavy atom. The van der Waals surface area contributed by atoms with Gasteiger partial charge in [-0.05, 0) is 18.9 Å². The van der Waals surface area contributed by atoms with Crippen LogP contribution in [0.2, 0.25) is 0 Å². The highest BCUT2D eigenvalue weighted by Gasteiger charge is 2.29. The Bertz CT molecular complexity index is 349. The van der Waals surface area contributed by atoms with Gasteiger partial charge in [-0.25, -0.2) is 0 Å². The number of carbonyl (C=O) groups is 1. The van der Waals surface area contributed by atoms with Crippen molar-refractivity contribution in [3.05, 3.63) is 11.7 Å². The van der Waals surface area contributed by atoms with Crippen molar-refractivity contribution in [2.75, 3.05) is 6.54 Å². The Hall–Kier alpha value is -1.43. The molecule has 1 saturated heterocycles. The van der Waals surface area contributed by atoms with Crippen LogP contribution in [0.1, 0.15) is 35.9 Å². The van der Waals surface area contributed by atoms with E-state index in [9.17, 15) is 4.79 Å². The van der Waals surface area contributed by atoms with E-state index in [4.69, 9.17) is 10.3 Å². The van der Waals surface area contributed by atoms with Gasteiger partial charge in [-0.15, -0.1) is 0 Å². The molecular weight excluding hydrogens is 184 g/mol. The zero-order valence-electron chi connectivity index (χ0n) is 7.86. The van der Waals surface area contributed by atoms with Gasteiger partial charge < -0.3 is 15.6 Å². The van der Waals surface area contributed by atoms with E-state index in [0.29, 0.717) is 11.8 Å². The lowest BCUT2D eigenvalue weighted by Crippen LogP contribution is -2.18. The molecule has 0 aliphatic carbocycles. The fourth-order valence-corrected chi connectivity index (χ4v) is 1.63. The molecule has 0 radical (unpaired) electrons. The summed E-state index contributed by atoms with van der Waals surface area (Å²) < 4.78 is 4.96. The molecule has 1 fully saturated rings. The summed E-state index contributed by atoms with van der Waals surface area (Å²) in [6.45, 7) is 3.03. The van der Waals surface area contributed by atoms with Crippen LogP contribution in [0.5, 0.6) is 0 Å². The minimum Gasteiger partial charge on any atom is -0.363 e. The number of hydrogen-bond acceptors (Lipinski definition) is 5. The highest BCUT2D eigenvalue weighted by atomic mass is 16.5. The number of nitrogens with zero attached hydrogens (tertiary/aromatic N) is 2. The number of nitrogens with one attached hydrogen (secondary N) is 1. The maximum atomic E-state index is 10.7. The van der Waals surface area contributed by atoms with E-state index in [1.54, 1.807) is 0 Å². The molecule has 0 aromatic carbocycles. The molecule has 1 aliphatic heterocycles. The summed E-state index contributed by atoms with van der Waals surface area (Å²) in [4.78, 5) is 14.7. The lowest BCUT2D eigenvalue weighted by Gasteiger charge is -2.08. The molecule has 1 amide bonds. The van der Waals surface area contributed by atoms with Gasteiger partial charge in [-0.3, -0.25) is 4.79 Å². The first kappa shape index (κ1) is 9.14. The van der Waals surface area contributed by atoms with E-state index in [1.165, 1.54) is 0 Å². The van der Waals surface area contributed by atoms with Gasteiger partial charge in [0.25, 0.3) is 11.7 Å². The zero-order valence-corrected chi connectivity index (χ0v) is 7.86. The van der Waals surface area contributed by atoms with Crippen LogP contribution in [0, 0.1) is 5.92 Å². The first-order valence-corrected chi connectivity index (χ1v) is 4.55. The molecule has 1 aromatic heterocycles. The van der Waals surface area contributed by atoms with E-state index in [1.807, 2.05) is 0 Å². The normalized spacial score (nSPS) is 26.6. The predicted octanol–water partition coefficient (Wildman–Crippen LogP) is -0.161. The Labute approximate surface area is 80.9 Å². The van der Waals surface area contributed by atoms with E-state index in [0.717, 1.165) is 13.0 Å². The molecule has 0 spiro atoms. The first-order valence-electron chi connectivity index (χ1n) is 4.55. The highest BCUT2D eigenvalue weighted by Crippen LogP contribution is 2.27. The maximum absolute atomic E-state index is 10.7. The fourth-order valence-electron chi connectivity index (χ4n) is 1.63. The summed E-state index contributed by atoms with van der Waals surface area (Å²) in [6, 6.07) is 0.0515. The Morgan fingerprint density at radius 3 is 3.00 bits per heavy atom. The van der Waals surface area contributed by atoms with Gasteiger partial charge in [0.2, 0.25) is 5.89 Å². The second-order valence-electron chi connectivity index (χ2n) is 3.52. The standard InChI is InChI=1S/C8H12N4O2/c1-4-2-3-10-5(4)8-11-7(6(9)13)12-14-8/h4-5,10H,2-3H2,1H3,(H2,9,13). The van der Waals surface area contributed by atoms with Crippen molar-refractivity contribution in [1.82, 2.24) is 15.5 Å². The van der Waals surface area contributed by atoms with Gasteiger partial charge in [0.15, 0.2) is 0 Å². The highest BCUT2D eigenvalue weighted by molar-refractivity contribution is 5.88. The molecule has 14 heavy (non-hydrogen) atoms. The number of hydrogen-bond donors (Lipinski definition) is 2. The van der Waals surface area contributed by atoms with Gasteiger partial charge >= 0.3 is 0 Å². The Balaban J connectivity index is 2.20. The Morgan fingerprint density at radius 1 is 1.71 bits per heavy atom. The Kier molecular flexibility index (Phi) is 2.20. The third kappa shape index (κ3) is 1.48. The zero-order chi connectivity index (χ0) is 10.1. The molecule has 3 N–H and O–H groups in total. The summed E-state index contributed by atoms with van der Waals surface area (Å²) in [7, 11) is 0. The van der Waals surface area contributed by atoms with Gasteiger partial charge in [-0.2, -0.15) is 4.98 Å². The van der Waals surface area contributed by atoms with Crippen molar-refractivity contribution in [3.8, 4) is 0 Å². The monoisotopic (exact) mass is 196 g/mol. The number of aromatic nitrogens is 2. The minimum absolute atomic E-state index is 0.0515. The molecule has 2 atom stereocenters. The SMILES string of the molecule is CC1CCNC1c1nc(C(N)=O)no1. The number of nitrogens with two attached hydrogens (primary N) is 1. The quantitative estimate of drug-likeness (QED) is 0.685. The molecule has 2 heterocycles. The molecular formula is C8H12N4O2. The van der Waals surface area contributed by atoms with Gasteiger partial charge in [-0.1, -0.05) is 12.1 Å². The van der Waals surface area contributed by atoms with Crippen molar-refractivity contribution in [3.63, 3.8) is 0 Å². The summed E-state index contributed by atoms with van der Waals surface area (Å²) in [5.74, 6) is 0.173. The second-order valence-corrected chi connectivity index (χ2v) is 3.52. The van der Waals surface area contributed by atoms with Crippen molar-refractivity contribution in [2.45, 2.75) is 19.4 Å². The third-order valence-electron chi connectivity index (χ3n) is 2.46. The largest absolute Gasteiger partial charge is 0.363 e. The lowest BCUT2D eigenvalue weighted by molar-refractivity contribution is 0.0987. The van der Waals surface area contributed by atoms with Gasteiger partial charge in [0, 0.05) is 0 Å². The van der Waals surface area contributed by atoms with E-state index in [-0.39, 0.29) is 11.9 Å². The molecule has 1 aliphatic rings. The average molecular weight is 196 g/mol. The van der Waals surface area contributed by atoms with Crippen LogP contribution in [-0.4, -0.2) is 22.6 Å². The molecule has 6 nitrogen and oxygen atoms in total. The van der Waals surface area contributed by atoms with Gasteiger partial charge in [0.1, 0.15) is 0 Å². The molecule has 1 aromatic rings. The molecule has 76 valence electrons. The van der Waals surface area contributed by atoms with E-state index < -0.39 is 5.91 Å². The summed E-state index contributed by atoms with van der Waals surface area (Å²) >= 11 is 0. The number of rotatable bonds is 2. The summed E-state index contributed by atoms with van der Waals surface area (Å²) in [5.41, 5.74) is 5.02. The van der Waals surface area contributed by atoms with Crippen LogP contribution in [0.25, 0.3) is 0 Å². The van der Waals surface area contributed by atoms with Crippen LogP contribution in [-0.2, 0) is 0 Å². The maximum Gasteiger partial charge on any atom is 0.290 e. The number of amides is 1. The molecule has 2 rings (SSSR count). The summed E-state index contributed by atoms with van der Waals surface area (Å²) in [6.07, 6.45) is 1.07. The van der Waals surface area contributed by atoms with Crippen molar-refractivity contribution in [2.24, 2.45) is 11.7 Å². The molecule has 2 unspecified atom stereocenters. The lowest BCUT2D eigenvalue weighted by atomic mass is 10.0. The average Bonchev–Trinajstić information content (AvgIpc) is 2.71. The number of carbonyl (C=O) groups excluding carboxylic acids is 1. The second kappa shape index (κ2) is 3.38. The summed E-state index contributed by atoms with van der Waals surface area (Å²) in [5, 5.41) is 6.72. The smallest absolute Gasteiger partial charge is 0.290 e.